The minimum Gasteiger partial charge on any atom is -0.462 e. The molecule has 1 atom stereocenters. The molecule has 0 aliphatic heterocycles. The molecule has 6 nitrogen and oxygen atoms in total. The summed E-state index contributed by atoms with van der Waals surface area (Å²) in [4.78, 5) is 37.7. The molecule has 0 amide bonds. The van der Waals surface area contributed by atoms with Crippen LogP contribution in [0.15, 0.2) is 48.6 Å². The van der Waals surface area contributed by atoms with Crippen LogP contribution in [0.25, 0.3) is 0 Å². The molecule has 0 fully saturated rings. The van der Waals surface area contributed by atoms with Crippen LogP contribution in [0.3, 0.4) is 0 Å². The number of hydrogen-bond acceptors (Lipinski definition) is 6. The fourth-order valence-electron chi connectivity index (χ4n) is 6.55. The summed E-state index contributed by atoms with van der Waals surface area (Å²) in [5.41, 5.74) is 0. The fraction of sp³-hybridized carbons (Fsp3) is 0.780. The Morgan fingerprint density at radius 2 is 0.696 bits per heavy atom. The summed E-state index contributed by atoms with van der Waals surface area (Å²) >= 11 is 0. The second kappa shape index (κ2) is 45.1. The molecular formula is C50H88O6. The quantitative estimate of drug-likeness (QED) is 0.0265. The Labute approximate surface area is 346 Å². The molecule has 0 aromatic carbocycles. The molecule has 0 saturated heterocycles. The van der Waals surface area contributed by atoms with Gasteiger partial charge in [-0.2, -0.15) is 0 Å². The number of carbonyl (C=O) groups excluding carboxylic acids is 3. The van der Waals surface area contributed by atoms with E-state index in [4.69, 9.17) is 14.2 Å². The van der Waals surface area contributed by atoms with Crippen molar-refractivity contribution in [2.24, 2.45) is 0 Å². The molecule has 0 aromatic heterocycles. The van der Waals surface area contributed by atoms with Gasteiger partial charge in [0.2, 0.25) is 0 Å². The lowest BCUT2D eigenvalue weighted by molar-refractivity contribution is -0.167. The molecule has 0 spiro atoms. The van der Waals surface area contributed by atoms with Crippen LogP contribution in [0, 0.1) is 0 Å². The van der Waals surface area contributed by atoms with Gasteiger partial charge in [0.15, 0.2) is 6.10 Å². The van der Waals surface area contributed by atoms with Crippen LogP contribution in [0.1, 0.15) is 233 Å². The number of esters is 3. The number of hydrogen-bond donors (Lipinski definition) is 0. The Balaban J connectivity index is 4.42. The Hall–Kier alpha value is -2.63. The largest absolute Gasteiger partial charge is 0.462 e. The van der Waals surface area contributed by atoms with Gasteiger partial charge in [-0.3, -0.25) is 14.4 Å². The number of carbonyl (C=O) groups is 3. The van der Waals surface area contributed by atoms with Crippen LogP contribution in [-0.4, -0.2) is 37.2 Å². The van der Waals surface area contributed by atoms with Crippen molar-refractivity contribution in [2.75, 3.05) is 13.2 Å². The molecule has 0 N–H and O–H groups in total. The van der Waals surface area contributed by atoms with E-state index >= 15 is 0 Å². The van der Waals surface area contributed by atoms with Gasteiger partial charge in [-0.1, -0.05) is 204 Å². The third kappa shape index (κ3) is 42.5. The van der Waals surface area contributed by atoms with Crippen LogP contribution in [0.5, 0.6) is 0 Å². The summed E-state index contributed by atoms with van der Waals surface area (Å²) in [7, 11) is 0. The zero-order valence-corrected chi connectivity index (χ0v) is 36.9. The number of rotatable bonds is 42. The van der Waals surface area contributed by atoms with Crippen molar-refractivity contribution in [3.63, 3.8) is 0 Å². The van der Waals surface area contributed by atoms with E-state index in [1.54, 1.807) is 0 Å². The molecule has 0 aromatic rings. The Kier molecular flexibility index (Phi) is 43.0. The Bertz CT molecular complexity index is 996. The summed E-state index contributed by atoms with van der Waals surface area (Å²) in [5.74, 6) is -0.925. The van der Waals surface area contributed by atoms with E-state index in [0.29, 0.717) is 19.3 Å². The standard InChI is InChI=1S/C50H88O6/c1-4-7-10-13-16-19-22-24-25-27-28-31-34-37-40-43-49(52)55-46-47(45-54-48(51)42-39-36-33-30-21-18-15-12-9-6-3)56-50(53)44-41-38-35-32-29-26-23-20-17-14-11-8-5-2/h7,10,16,19,24-25,28,31,47H,4-6,8-9,11-15,17-18,20-23,26-27,29-30,32-46H2,1-3H3/b10-7-,19-16-,25-24-,31-28-/t47-/m1/s1. The van der Waals surface area contributed by atoms with Crippen LogP contribution in [0.4, 0.5) is 0 Å². The van der Waals surface area contributed by atoms with Gasteiger partial charge in [0, 0.05) is 19.3 Å². The summed E-state index contributed by atoms with van der Waals surface area (Å²) in [6, 6.07) is 0. The van der Waals surface area contributed by atoms with Gasteiger partial charge in [0.1, 0.15) is 13.2 Å². The average Bonchev–Trinajstić information content (AvgIpc) is 3.19. The van der Waals surface area contributed by atoms with Gasteiger partial charge >= 0.3 is 17.9 Å². The summed E-state index contributed by atoms with van der Waals surface area (Å²) in [6.45, 7) is 6.47. The number of unbranched alkanes of at least 4 members (excludes halogenated alkanes) is 23. The van der Waals surface area contributed by atoms with Crippen molar-refractivity contribution in [1.29, 1.82) is 0 Å². The first-order valence-electron chi connectivity index (χ1n) is 23.6. The molecule has 0 bridgehead atoms. The summed E-state index contributed by atoms with van der Waals surface area (Å²) in [6.07, 6.45) is 52.3. The first kappa shape index (κ1) is 53.4. The molecule has 0 aliphatic rings. The SMILES string of the molecule is CC/C=C\C/C=C\C/C=C\C/C=C\CCCCC(=O)OC[C@@H](COC(=O)CCCCCCCCCCCC)OC(=O)CCCCCCCCCCCCCCC. The lowest BCUT2D eigenvalue weighted by atomic mass is 10.0. The molecule has 0 rings (SSSR count). The van der Waals surface area contributed by atoms with E-state index in [1.807, 2.05) is 0 Å². The van der Waals surface area contributed by atoms with E-state index in [-0.39, 0.29) is 31.1 Å². The van der Waals surface area contributed by atoms with Crippen molar-refractivity contribution in [1.82, 2.24) is 0 Å². The summed E-state index contributed by atoms with van der Waals surface area (Å²) < 4.78 is 16.7. The van der Waals surface area contributed by atoms with Crippen LogP contribution in [-0.2, 0) is 28.6 Å². The highest BCUT2D eigenvalue weighted by Gasteiger charge is 2.19. The normalized spacial score (nSPS) is 12.4. The smallest absolute Gasteiger partial charge is 0.306 e. The van der Waals surface area contributed by atoms with E-state index in [9.17, 15) is 14.4 Å². The van der Waals surface area contributed by atoms with Gasteiger partial charge in [-0.05, 0) is 57.8 Å². The Morgan fingerprint density at radius 1 is 0.375 bits per heavy atom. The molecule has 0 aliphatic carbocycles. The molecular weight excluding hydrogens is 697 g/mol. The van der Waals surface area contributed by atoms with Gasteiger partial charge in [0.25, 0.3) is 0 Å². The lowest BCUT2D eigenvalue weighted by Crippen LogP contribution is -2.30. The van der Waals surface area contributed by atoms with E-state index in [1.165, 1.54) is 109 Å². The second-order valence-electron chi connectivity index (χ2n) is 15.6. The molecule has 0 unspecified atom stereocenters. The van der Waals surface area contributed by atoms with Crippen LogP contribution >= 0.6 is 0 Å². The zero-order valence-electron chi connectivity index (χ0n) is 36.9. The number of allylic oxidation sites excluding steroid dienone is 8. The Morgan fingerprint density at radius 3 is 1.09 bits per heavy atom. The molecule has 0 saturated carbocycles. The average molecular weight is 785 g/mol. The van der Waals surface area contributed by atoms with Crippen molar-refractivity contribution in [2.45, 2.75) is 239 Å². The molecule has 6 heteroatoms. The maximum absolute atomic E-state index is 12.7. The van der Waals surface area contributed by atoms with Crippen LogP contribution in [0.2, 0.25) is 0 Å². The van der Waals surface area contributed by atoms with Crippen molar-refractivity contribution in [3.05, 3.63) is 48.6 Å². The van der Waals surface area contributed by atoms with Gasteiger partial charge in [-0.15, -0.1) is 0 Å². The van der Waals surface area contributed by atoms with Crippen LogP contribution < -0.4 is 0 Å². The maximum Gasteiger partial charge on any atom is 0.306 e. The minimum atomic E-state index is -0.783. The van der Waals surface area contributed by atoms with Gasteiger partial charge in [0.05, 0.1) is 0 Å². The fourth-order valence-corrected chi connectivity index (χ4v) is 6.55. The molecule has 0 radical (unpaired) electrons. The monoisotopic (exact) mass is 785 g/mol. The van der Waals surface area contributed by atoms with E-state index in [2.05, 4.69) is 69.4 Å². The predicted molar refractivity (Wildman–Crippen MR) is 238 cm³/mol. The number of ether oxygens (including phenoxy) is 3. The third-order valence-electron chi connectivity index (χ3n) is 10.1. The zero-order chi connectivity index (χ0) is 40.8. The molecule has 324 valence electrons. The topological polar surface area (TPSA) is 78.9 Å². The molecule has 56 heavy (non-hydrogen) atoms. The predicted octanol–water partition coefficient (Wildman–Crippen LogP) is 15.1. The van der Waals surface area contributed by atoms with Gasteiger partial charge < -0.3 is 14.2 Å². The first-order valence-corrected chi connectivity index (χ1v) is 23.6. The highest BCUT2D eigenvalue weighted by Crippen LogP contribution is 2.15. The van der Waals surface area contributed by atoms with E-state index < -0.39 is 6.10 Å². The molecule has 0 heterocycles. The van der Waals surface area contributed by atoms with Crippen molar-refractivity contribution in [3.8, 4) is 0 Å². The maximum atomic E-state index is 12.7. The minimum absolute atomic E-state index is 0.0833. The van der Waals surface area contributed by atoms with E-state index in [0.717, 1.165) is 83.5 Å². The van der Waals surface area contributed by atoms with Crippen molar-refractivity contribution < 1.29 is 28.6 Å². The second-order valence-corrected chi connectivity index (χ2v) is 15.6. The first-order chi connectivity index (χ1) is 27.5. The van der Waals surface area contributed by atoms with Crippen molar-refractivity contribution >= 4 is 17.9 Å². The lowest BCUT2D eigenvalue weighted by Gasteiger charge is -2.18. The highest BCUT2D eigenvalue weighted by molar-refractivity contribution is 5.71. The van der Waals surface area contributed by atoms with Gasteiger partial charge in [-0.25, -0.2) is 0 Å². The third-order valence-corrected chi connectivity index (χ3v) is 10.1. The summed E-state index contributed by atoms with van der Waals surface area (Å²) in [5, 5.41) is 0. The highest BCUT2D eigenvalue weighted by atomic mass is 16.6.